The second kappa shape index (κ2) is 6.13. The van der Waals surface area contributed by atoms with Gasteiger partial charge >= 0.3 is 5.97 Å². The summed E-state index contributed by atoms with van der Waals surface area (Å²) in [5.74, 6) is -0.453. The molecule has 1 aromatic carbocycles. The summed E-state index contributed by atoms with van der Waals surface area (Å²) in [6.45, 7) is 5.89. The summed E-state index contributed by atoms with van der Waals surface area (Å²) in [7, 11) is 0. The highest BCUT2D eigenvalue weighted by Crippen LogP contribution is 2.44. The van der Waals surface area contributed by atoms with Crippen molar-refractivity contribution in [2.45, 2.75) is 31.7 Å². The van der Waals surface area contributed by atoms with E-state index in [2.05, 4.69) is 4.98 Å². The number of thioether (sulfide) groups is 1. The molecule has 3 aromatic rings. The Balaban J connectivity index is 2.16. The number of carboxylic acid groups (broad SMARTS) is 1. The number of hydrogen-bond acceptors (Lipinski definition) is 5. The molecule has 1 aliphatic heterocycles. The molecule has 0 bridgehead atoms. The number of aromatic carboxylic acids is 1. The van der Waals surface area contributed by atoms with Crippen molar-refractivity contribution in [1.29, 1.82) is 0 Å². The Morgan fingerprint density at radius 3 is 2.59 bits per heavy atom. The zero-order valence-corrected chi connectivity index (χ0v) is 16.1. The lowest BCUT2D eigenvalue weighted by Crippen LogP contribution is -2.24. The highest BCUT2D eigenvalue weighted by atomic mass is 32.2. The SMILES string of the molecule is Cc1cc(-c2cc(N)c3c(=O)c(C(=O)O)cn4c3c2SC[C@@H]4C)cc(C)n1. The maximum Gasteiger partial charge on any atom is 0.341 e. The minimum absolute atomic E-state index is 0.0549. The van der Waals surface area contributed by atoms with Crippen LogP contribution in [0, 0.1) is 13.8 Å². The quantitative estimate of drug-likeness (QED) is 0.658. The van der Waals surface area contributed by atoms with Gasteiger partial charge < -0.3 is 15.4 Å². The molecule has 0 radical (unpaired) electrons. The number of nitrogens with zero attached hydrogens (tertiary/aromatic N) is 2. The van der Waals surface area contributed by atoms with Gasteiger partial charge in [0.05, 0.1) is 10.9 Å². The Kier molecular flexibility index (Phi) is 3.99. The third-order valence-corrected chi connectivity index (χ3v) is 6.20. The number of aryl methyl sites for hydroxylation is 2. The number of pyridine rings is 2. The lowest BCUT2D eigenvalue weighted by atomic mass is 9.99. The molecule has 0 spiro atoms. The van der Waals surface area contributed by atoms with Crippen LogP contribution in [0.5, 0.6) is 0 Å². The minimum atomic E-state index is -1.23. The first-order valence-corrected chi connectivity index (χ1v) is 9.59. The average Bonchev–Trinajstić information content (AvgIpc) is 2.58. The first-order chi connectivity index (χ1) is 12.8. The van der Waals surface area contributed by atoms with Gasteiger partial charge in [-0.15, -0.1) is 11.8 Å². The molecule has 0 unspecified atom stereocenters. The molecule has 3 N–H and O–H groups in total. The molecule has 0 saturated heterocycles. The second-order valence-corrected chi connectivity index (χ2v) is 7.98. The Labute approximate surface area is 160 Å². The highest BCUT2D eigenvalue weighted by molar-refractivity contribution is 7.99. The topological polar surface area (TPSA) is 98.2 Å². The van der Waals surface area contributed by atoms with Gasteiger partial charge in [0, 0.05) is 40.0 Å². The summed E-state index contributed by atoms with van der Waals surface area (Å²) < 4.78 is 1.88. The fraction of sp³-hybridized carbons (Fsp3) is 0.250. The maximum atomic E-state index is 12.8. The first kappa shape index (κ1) is 17.6. The molecule has 7 heteroatoms. The monoisotopic (exact) mass is 381 g/mol. The molecule has 0 saturated carbocycles. The predicted octanol–water partition coefficient (Wildman–Crippen LogP) is 3.63. The maximum absolute atomic E-state index is 12.8. The van der Waals surface area contributed by atoms with Crippen molar-refractivity contribution in [2.75, 3.05) is 11.5 Å². The molecule has 1 atom stereocenters. The van der Waals surface area contributed by atoms with E-state index in [1.165, 1.54) is 6.20 Å². The van der Waals surface area contributed by atoms with Gasteiger partial charge in [-0.05, 0) is 50.1 Å². The van der Waals surface area contributed by atoms with Gasteiger partial charge in [-0.2, -0.15) is 0 Å². The van der Waals surface area contributed by atoms with Crippen LogP contribution in [0.25, 0.3) is 22.0 Å². The summed E-state index contributed by atoms with van der Waals surface area (Å²) in [6.07, 6.45) is 1.45. The molecule has 0 aliphatic carbocycles. The Morgan fingerprint density at radius 1 is 1.30 bits per heavy atom. The van der Waals surface area contributed by atoms with E-state index < -0.39 is 11.4 Å². The highest BCUT2D eigenvalue weighted by Gasteiger charge is 2.27. The Hall–Kier alpha value is -2.80. The van der Waals surface area contributed by atoms with Crippen molar-refractivity contribution < 1.29 is 9.90 Å². The number of hydrogen-bond donors (Lipinski definition) is 2. The zero-order chi connectivity index (χ0) is 19.5. The van der Waals surface area contributed by atoms with E-state index in [0.29, 0.717) is 5.69 Å². The van der Waals surface area contributed by atoms with Crippen LogP contribution in [0.15, 0.2) is 34.1 Å². The molecular weight excluding hydrogens is 362 g/mol. The Bertz CT molecular complexity index is 1160. The standard InChI is InChI=1S/C20H19N3O3S/c1-9-4-12(5-10(2)22-9)13-6-15(21)16-17-19(13)27-8-11(3)23(17)7-14(18(16)24)20(25)26/h4-7,11H,8,21H2,1-3H3,(H,25,26)/t11-/m0/s1. The number of carbonyl (C=O) groups is 1. The molecule has 0 fully saturated rings. The van der Waals surface area contributed by atoms with Gasteiger partial charge in [-0.3, -0.25) is 9.78 Å². The molecule has 6 nitrogen and oxygen atoms in total. The van der Waals surface area contributed by atoms with E-state index in [1.54, 1.807) is 17.8 Å². The van der Waals surface area contributed by atoms with Crippen molar-refractivity contribution in [3.8, 4) is 11.1 Å². The summed E-state index contributed by atoms with van der Waals surface area (Å²) in [4.78, 5) is 29.7. The van der Waals surface area contributed by atoms with Crippen LogP contribution in [0.1, 0.15) is 34.7 Å². The molecule has 27 heavy (non-hydrogen) atoms. The molecule has 1 aliphatic rings. The van der Waals surface area contributed by atoms with Crippen LogP contribution in [0.4, 0.5) is 5.69 Å². The van der Waals surface area contributed by atoms with Crippen LogP contribution in [0.3, 0.4) is 0 Å². The van der Waals surface area contributed by atoms with Crippen LogP contribution in [0.2, 0.25) is 0 Å². The van der Waals surface area contributed by atoms with E-state index in [0.717, 1.165) is 38.7 Å². The van der Waals surface area contributed by atoms with Crippen molar-refractivity contribution in [3.05, 3.63) is 51.6 Å². The average molecular weight is 381 g/mol. The summed E-state index contributed by atoms with van der Waals surface area (Å²) in [6, 6.07) is 5.83. The molecule has 2 aromatic heterocycles. The lowest BCUT2D eigenvalue weighted by molar-refractivity contribution is 0.0694. The zero-order valence-electron chi connectivity index (χ0n) is 15.2. The van der Waals surface area contributed by atoms with E-state index in [1.807, 2.05) is 37.5 Å². The van der Waals surface area contributed by atoms with E-state index in [-0.39, 0.29) is 17.0 Å². The largest absolute Gasteiger partial charge is 0.477 e. The number of carboxylic acids is 1. The van der Waals surface area contributed by atoms with Gasteiger partial charge in [-0.1, -0.05) is 0 Å². The number of rotatable bonds is 2. The molecular formula is C20H19N3O3S. The van der Waals surface area contributed by atoms with Gasteiger partial charge in [-0.25, -0.2) is 4.79 Å². The van der Waals surface area contributed by atoms with Gasteiger partial charge in [0.2, 0.25) is 5.43 Å². The second-order valence-electron chi connectivity index (χ2n) is 6.95. The lowest BCUT2D eigenvalue weighted by Gasteiger charge is -2.28. The normalized spacial score (nSPS) is 15.9. The van der Waals surface area contributed by atoms with Crippen LogP contribution < -0.4 is 11.2 Å². The first-order valence-electron chi connectivity index (χ1n) is 8.61. The van der Waals surface area contributed by atoms with E-state index in [9.17, 15) is 14.7 Å². The van der Waals surface area contributed by atoms with Gasteiger partial charge in [0.25, 0.3) is 0 Å². The third kappa shape index (κ3) is 2.70. The van der Waals surface area contributed by atoms with Crippen molar-refractivity contribution in [3.63, 3.8) is 0 Å². The third-order valence-electron chi connectivity index (χ3n) is 4.85. The fourth-order valence-corrected chi connectivity index (χ4v) is 4.93. The number of aromatic nitrogens is 2. The summed E-state index contributed by atoms with van der Waals surface area (Å²) in [5, 5.41) is 9.72. The molecule has 3 heterocycles. The number of nitrogens with two attached hydrogens (primary N) is 1. The van der Waals surface area contributed by atoms with E-state index >= 15 is 0 Å². The smallest absolute Gasteiger partial charge is 0.341 e. The summed E-state index contributed by atoms with van der Waals surface area (Å²) >= 11 is 1.67. The van der Waals surface area contributed by atoms with Crippen molar-refractivity contribution >= 4 is 34.3 Å². The van der Waals surface area contributed by atoms with Gasteiger partial charge in [0.15, 0.2) is 0 Å². The Morgan fingerprint density at radius 2 is 1.96 bits per heavy atom. The van der Waals surface area contributed by atoms with Gasteiger partial charge in [0.1, 0.15) is 5.56 Å². The van der Waals surface area contributed by atoms with E-state index in [4.69, 9.17) is 5.73 Å². The van der Waals surface area contributed by atoms with Crippen LogP contribution in [-0.4, -0.2) is 26.4 Å². The van der Waals surface area contributed by atoms with Crippen LogP contribution >= 0.6 is 11.8 Å². The molecule has 0 amide bonds. The molecule has 4 rings (SSSR count). The summed E-state index contributed by atoms with van der Waals surface area (Å²) in [5.41, 5.74) is 10.3. The van der Waals surface area contributed by atoms with Crippen LogP contribution in [-0.2, 0) is 0 Å². The minimum Gasteiger partial charge on any atom is -0.477 e. The fourth-order valence-electron chi connectivity index (χ4n) is 3.69. The predicted molar refractivity (Wildman–Crippen MR) is 108 cm³/mol. The number of nitrogen functional groups attached to an aromatic ring is 1. The number of benzene rings is 1. The van der Waals surface area contributed by atoms with Crippen molar-refractivity contribution in [1.82, 2.24) is 9.55 Å². The number of anilines is 1. The molecule has 138 valence electrons. The van der Waals surface area contributed by atoms with Crippen molar-refractivity contribution in [2.24, 2.45) is 0 Å².